The number of aliphatic carboxylic acids is 1. The first-order chi connectivity index (χ1) is 15.4. The van der Waals surface area contributed by atoms with E-state index in [1.54, 1.807) is 18.2 Å². The number of pyridine rings is 1. The quantitative estimate of drug-likeness (QED) is 0.292. The number of anilines is 1. The van der Waals surface area contributed by atoms with Crippen LogP contribution >= 0.6 is 22.6 Å². The number of carbonyl (C=O) groups is 2. The third-order valence-electron chi connectivity index (χ3n) is 4.94. The Hall–Kier alpha value is -2.98. The van der Waals surface area contributed by atoms with Gasteiger partial charge in [-0.15, -0.1) is 0 Å². The maximum atomic E-state index is 12.5. The zero-order valence-corrected chi connectivity index (χ0v) is 19.6. The molecule has 32 heavy (non-hydrogen) atoms. The van der Waals surface area contributed by atoms with Crippen molar-refractivity contribution in [1.29, 1.82) is 0 Å². The molecule has 0 saturated carbocycles. The molecule has 0 aliphatic carbocycles. The van der Waals surface area contributed by atoms with Crippen LogP contribution < -0.4 is 16.4 Å². The Morgan fingerprint density at radius 2 is 1.66 bits per heavy atom. The number of amides is 1. The molecular weight excluding hydrogens is 519 g/mol. The number of rotatable bonds is 10. The number of carboxylic acid groups (broad SMARTS) is 1. The van der Waals surface area contributed by atoms with E-state index >= 15 is 0 Å². The van der Waals surface area contributed by atoms with Crippen molar-refractivity contribution in [3.63, 3.8) is 0 Å². The van der Waals surface area contributed by atoms with Gasteiger partial charge in [-0.1, -0.05) is 30.3 Å². The van der Waals surface area contributed by atoms with Crippen LogP contribution in [0.1, 0.15) is 27.2 Å². The van der Waals surface area contributed by atoms with Crippen LogP contribution in [0.15, 0.2) is 66.7 Å². The second kappa shape index (κ2) is 11.6. The van der Waals surface area contributed by atoms with E-state index in [1.807, 2.05) is 48.5 Å². The number of aryl methyl sites for hydroxylation is 2. The summed E-state index contributed by atoms with van der Waals surface area (Å²) in [6.45, 7) is 0.391. The first-order valence-electron chi connectivity index (χ1n) is 10.2. The lowest BCUT2D eigenvalue weighted by atomic mass is 10.1. The summed E-state index contributed by atoms with van der Waals surface area (Å²) in [5.74, 6) is -0.820. The molecule has 166 valence electrons. The third kappa shape index (κ3) is 7.31. The number of aromatic nitrogens is 1. The van der Waals surface area contributed by atoms with Crippen LogP contribution in [0.2, 0.25) is 0 Å². The van der Waals surface area contributed by atoms with Gasteiger partial charge in [0.15, 0.2) is 0 Å². The van der Waals surface area contributed by atoms with Crippen molar-refractivity contribution >= 4 is 40.3 Å². The molecule has 3 rings (SSSR count). The highest BCUT2D eigenvalue weighted by Crippen LogP contribution is 2.10. The van der Waals surface area contributed by atoms with E-state index in [2.05, 4.69) is 38.2 Å². The molecule has 5 N–H and O–H groups in total. The summed E-state index contributed by atoms with van der Waals surface area (Å²) in [4.78, 5) is 28.3. The summed E-state index contributed by atoms with van der Waals surface area (Å²) < 4.78 is 1.11. The van der Waals surface area contributed by atoms with Gasteiger partial charge in [0.1, 0.15) is 11.9 Å². The number of hydrogen-bond donors (Lipinski definition) is 4. The molecule has 3 aromatic rings. The number of nitrogens with two attached hydrogens (primary N) is 1. The minimum absolute atomic E-state index is 0.0125. The lowest BCUT2D eigenvalue weighted by Crippen LogP contribution is -2.45. The van der Waals surface area contributed by atoms with Gasteiger partial charge in [0.05, 0.1) is 0 Å². The van der Waals surface area contributed by atoms with Crippen LogP contribution in [0, 0.1) is 3.57 Å². The smallest absolute Gasteiger partial charge is 0.322 e. The number of benzene rings is 2. The lowest BCUT2D eigenvalue weighted by Gasteiger charge is -2.15. The number of carbonyl (C=O) groups excluding carboxylic acids is 1. The molecule has 7 nitrogen and oxygen atoms in total. The molecule has 1 unspecified atom stereocenters. The second-order valence-electron chi connectivity index (χ2n) is 7.36. The van der Waals surface area contributed by atoms with Crippen molar-refractivity contribution in [3.05, 3.63) is 92.7 Å². The first kappa shape index (κ1) is 23.7. The number of halogens is 1. The first-order valence-corrected chi connectivity index (χ1v) is 11.3. The van der Waals surface area contributed by atoms with E-state index in [0.717, 1.165) is 33.2 Å². The van der Waals surface area contributed by atoms with Crippen LogP contribution in [0.5, 0.6) is 0 Å². The highest BCUT2D eigenvalue weighted by Gasteiger charge is 2.18. The van der Waals surface area contributed by atoms with Crippen LogP contribution in [0.25, 0.3) is 0 Å². The van der Waals surface area contributed by atoms with Crippen LogP contribution in [-0.4, -0.2) is 34.6 Å². The van der Waals surface area contributed by atoms with Crippen molar-refractivity contribution in [2.75, 3.05) is 12.3 Å². The second-order valence-corrected chi connectivity index (χ2v) is 8.60. The van der Waals surface area contributed by atoms with Crippen molar-refractivity contribution in [2.24, 2.45) is 0 Å². The van der Waals surface area contributed by atoms with E-state index in [0.29, 0.717) is 17.9 Å². The number of hydrogen-bond acceptors (Lipinski definition) is 5. The fourth-order valence-electron chi connectivity index (χ4n) is 3.12. The van der Waals surface area contributed by atoms with E-state index < -0.39 is 12.0 Å². The molecule has 0 fully saturated rings. The minimum atomic E-state index is -1.01. The SMILES string of the molecule is Nc1cccc(CCc2ccc(C(=O)NCC(NCc3ccc(I)cc3)C(=O)O)cc2)n1. The summed E-state index contributed by atoms with van der Waals surface area (Å²) in [6.07, 6.45) is 1.53. The Labute approximate surface area is 200 Å². The van der Waals surface area contributed by atoms with Gasteiger partial charge in [0.2, 0.25) is 0 Å². The average Bonchev–Trinajstić information content (AvgIpc) is 2.79. The molecule has 0 saturated heterocycles. The van der Waals surface area contributed by atoms with Crippen molar-refractivity contribution in [3.8, 4) is 0 Å². The number of carboxylic acids is 1. The molecular formula is C24H25IN4O3. The van der Waals surface area contributed by atoms with Gasteiger partial charge in [0, 0.05) is 27.9 Å². The van der Waals surface area contributed by atoms with E-state index in [4.69, 9.17) is 5.73 Å². The topological polar surface area (TPSA) is 117 Å². The molecule has 8 heteroatoms. The van der Waals surface area contributed by atoms with Gasteiger partial charge in [-0.2, -0.15) is 0 Å². The molecule has 1 amide bonds. The Kier molecular flexibility index (Phi) is 8.57. The van der Waals surface area contributed by atoms with E-state index in [-0.39, 0.29) is 12.5 Å². The Morgan fingerprint density at radius 3 is 2.31 bits per heavy atom. The molecule has 1 atom stereocenters. The van der Waals surface area contributed by atoms with Crippen LogP contribution in [-0.2, 0) is 24.2 Å². The standard InChI is InChI=1S/C24H25IN4O3/c25-19-11-6-17(7-12-19)14-27-21(24(31)32)15-28-23(30)18-9-4-16(5-10-18)8-13-20-2-1-3-22(26)29-20/h1-7,9-12,21,27H,8,13-15H2,(H2,26,29)(H,28,30)(H,31,32). The molecule has 0 radical (unpaired) electrons. The molecule has 0 spiro atoms. The van der Waals surface area contributed by atoms with Crippen LogP contribution in [0.4, 0.5) is 5.82 Å². The fraction of sp³-hybridized carbons (Fsp3) is 0.208. The maximum Gasteiger partial charge on any atom is 0.322 e. The van der Waals surface area contributed by atoms with Crippen molar-refractivity contribution < 1.29 is 14.7 Å². The molecule has 2 aromatic carbocycles. The van der Waals surface area contributed by atoms with Gasteiger partial charge in [-0.05, 0) is 83.0 Å². The minimum Gasteiger partial charge on any atom is -0.480 e. The zero-order chi connectivity index (χ0) is 22.9. The molecule has 1 heterocycles. The number of nitrogens with zero attached hydrogens (tertiary/aromatic N) is 1. The van der Waals surface area contributed by atoms with Gasteiger partial charge < -0.3 is 16.2 Å². The van der Waals surface area contributed by atoms with Crippen LogP contribution in [0.3, 0.4) is 0 Å². The predicted molar refractivity (Wildman–Crippen MR) is 132 cm³/mol. The highest BCUT2D eigenvalue weighted by atomic mass is 127. The predicted octanol–water partition coefficient (Wildman–Crippen LogP) is 3.03. The van der Waals surface area contributed by atoms with Crippen molar-refractivity contribution in [1.82, 2.24) is 15.6 Å². The third-order valence-corrected chi connectivity index (χ3v) is 5.66. The van der Waals surface area contributed by atoms with Gasteiger partial charge in [0.25, 0.3) is 5.91 Å². The van der Waals surface area contributed by atoms with Gasteiger partial charge >= 0.3 is 5.97 Å². The molecule has 1 aromatic heterocycles. The highest BCUT2D eigenvalue weighted by molar-refractivity contribution is 14.1. The summed E-state index contributed by atoms with van der Waals surface area (Å²) in [5, 5.41) is 15.1. The summed E-state index contributed by atoms with van der Waals surface area (Å²) in [5.41, 5.74) is 9.17. The Bertz CT molecular complexity index is 1060. The monoisotopic (exact) mass is 544 g/mol. The van der Waals surface area contributed by atoms with Crippen molar-refractivity contribution in [2.45, 2.75) is 25.4 Å². The summed E-state index contributed by atoms with van der Waals surface area (Å²) in [6, 6.07) is 19.8. The summed E-state index contributed by atoms with van der Waals surface area (Å²) in [7, 11) is 0. The summed E-state index contributed by atoms with van der Waals surface area (Å²) >= 11 is 2.22. The van der Waals surface area contributed by atoms with E-state index in [1.165, 1.54) is 0 Å². The van der Waals surface area contributed by atoms with Gasteiger partial charge in [-0.25, -0.2) is 4.98 Å². The zero-order valence-electron chi connectivity index (χ0n) is 17.4. The van der Waals surface area contributed by atoms with E-state index in [9.17, 15) is 14.7 Å². The maximum absolute atomic E-state index is 12.5. The van der Waals surface area contributed by atoms with Gasteiger partial charge in [-0.3, -0.25) is 14.9 Å². The largest absolute Gasteiger partial charge is 0.480 e. The number of nitrogen functional groups attached to an aromatic ring is 1. The molecule has 0 aliphatic rings. The fourth-order valence-corrected chi connectivity index (χ4v) is 3.48. The lowest BCUT2D eigenvalue weighted by molar-refractivity contribution is -0.139. The normalized spacial score (nSPS) is 11.7. The molecule has 0 bridgehead atoms. The Balaban J connectivity index is 1.49. The average molecular weight is 544 g/mol. The Morgan fingerprint density at radius 1 is 0.969 bits per heavy atom. The number of nitrogens with one attached hydrogen (secondary N) is 2. The molecule has 0 aliphatic heterocycles.